The largest absolute Gasteiger partial charge is 0.505 e. The van der Waals surface area contributed by atoms with E-state index >= 15 is 0 Å². The second kappa shape index (κ2) is 4.65. The van der Waals surface area contributed by atoms with Crippen LogP contribution in [-0.4, -0.2) is 68.3 Å². The third kappa shape index (κ3) is 2.24. The molecule has 0 aliphatic carbocycles. The summed E-state index contributed by atoms with van der Waals surface area (Å²) in [7, 11) is 0. The Bertz CT molecular complexity index is 237. The maximum atomic E-state index is 10.5. The van der Waals surface area contributed by atoms with Crippen molar-refractivity contribution in [3.8, 4) is 0 Å². The molecule has 7 heteroatoms. The van der Waals surface area contributed by atoms with Crippen molar-refractivity contribution in [3.05, 3.63) is 11.5 Å². The number of esters is 1. The summed E-state index contributed by atoms with van der Waals surface area (Å²) in [4.78, 5) is 10.5. The molecule has 0 amide bonds. The average molecular weight is 200 g/mol. The molecule has 0 saturated carbocycles. The third-order valence-corrected chi connectivity index (χ3v) is 1.48. The summed E-state index contributed by atoms with van der Waals surface area (Å²) in [6.45, 7) is -0.671. The number of cyclic esters (lactones) is 1. The van der Waals surface area contributed by atoms with E-state index in [-0.39, 0.29) is 23.1 Å². The molecule has 70 valence electrons. The van der Waals surface area contributed by atoms with Gasteiger partial charge >= 0.3 is 5.97 Å². The average Bonchev–Trinajstić information content (AvgIpc) is 2.32. The Morgan fingerprint density at radius 3 is 2.31 bits per heavy atom. The third-order valence-electron chi connectivity index (χ3n) is 1.48. The van der Waals surface area contributed by atoms with Crippen molar-refractivity contribution in [1.82, 2.24) is 0 Å². The molecule has 1 rings (SSSR count). The SMILES string of the molecule is O=C1O[C@H]([C@H](O)CO)C(O)=C1O.[Mg]. The Labute approximate surface area is 89.6 Å². The summed E-state index contributed by atoms with van der Waals surface area (Å²) in [6.07, 6.45) is -2.78. The van der Waals surface area contributed by atoms with Gasteiger partial charge in [-0.3, -0.25) is 0 Å². The lowest BCUT2D eigenvalue weighted by molar-refractivity contribution is -0.147. The molecular formula is C6H8MgO6. The van der Waals surface area contributed by atoms with Gasteiger partial charge in [-0.05, 0) is 0 Å². The Hall–Kier alpha value is -0.504. The fraction of sp³-hybridized carbons (Fsp3) is 0.500. The lowest BCUT2D eigenvalue weighted by Crippen LogP contribution is -2.31. The van der Waals surface area contributed by atoms with Crippen molar-refractivity contribution in [3.63, 3.8) is 0 Å². The Morgan fingerprint density at radius 1 is 1.46 bits per heavy atom. The van der Waals surface area contributed by atoms with Crippen molar-refractivity contribution in [2.45, 2.75) is 12.2 Å². The van der Waals surface area contributed by atoms with Crippen molar-refractivity contribution in [2.24, 2.45) is 0 Å². The van der Waals surface area contributed by atoms with Crippen LogP contribution in [0.2, 0.25) is 0 Å². The molecule has 0 aromatic heterocycles. The van der Waals surface area contributed by atoms with E-state index in [0.29, 0.717) is 0 Å². The highest BCUT2D eigenvalue weighted by molar-refractivity contribution is 5.89. The van der Waals surface area contributed by atoms with E-state index in [9.17, 15) is 4.79 Å². The normalized spacial score (nSPS) is 23.8. The molecule has 0 aromatic rings. The van der Waals surface area contributed by atoms with Crippen molar-refractivity contribution in [2.75, 3.05) is 6.61 Å². The zero-order valence-electron chi connectivity index (χ0n) is 6.67. The van der Waals surface area contributed by atoms with Crippen LogP contribution in [-0.2, 0) is 9.53 Å². The zero-order valence-corrected chi connectivity index (χ0v) is 8.09. The number of hydrogen-bond acceptors (Lipinski definition) is 6. The fourth-order valence-electron chi connectivity index (χ4n) is 0.823. The molecular weight excluding hydrogens is 192 g/mol. The van der Waals surface area contributed by atoms with Gasteiger partial charge in [-0.2, -0.15) is 0 Å². The number of aliphatic hydroxyl groups is 4. The minimum Gasteiger partial charge on any atom is -0.505 e. The lowest BCUT2D eigenvalue weighted by Gasteiger charge is -2.13. The molecule has 0 fully saturated rings. The lowest BCUT2D eigenvalue weighted by atomic mass is 10.2. The number of carbonyl (C=O) groups excluding carboxylic acids is 1. The molecule has 0 spiro atoms. The molecule has 0 saturated heterocycles. The van der Waals surface area contributed by atoms with Crippen LogP contribution in [0.3, 0.4) is 0 Å². The molecule has 2 atom stereocenters. The minimum absolute atomic E-state index is 0. The Morgan fingerprint density at radius 2 is 2.00 bits per heavy atom. The maximum absolute atomic E-state index is 10.5. The van der Waals surface area contributed by atoms with E-state index in [1.165, 1.54) is 0 Å². The van der Waals surface area contributed by atoms with Crippen molar-refractivity contribution in [1.29, 1.82) is 0 Å². The quantitative estimate of drug-likeness (QED) is 0.310. The van der Waals surface area contributed by atoms with Crippen LogP contribution in [0, 0.1) is 0 Å². The van der Waals surface area contributed by atoms with Gasteiger partial charge in [0.05, 0.1) is 6.61 Å². The van der Waals surface area contributed by atoms with Gasteiger partial charge in [-0.1, -0.05) is 0 Å². The van der Waals surface area contributed by atoms with Crippen LogP contribution in [0.25, 0.3) is 0 Å². The summed E-state index contributed by atoms with van der Waals surface area (Å²) in [5, 5.41) is 35.0. The first-order valence-electron chi connectivity index (χ1n) is 3.20. The summed E-state index contributed by atoms with van der Waals surface area (Å²) < 4.78 is 4.32. The van der Waals surface area contributed by atoms with E-state index in [2.05, 4.69) is 4.74 Å². The molecule has 1 aliphatic rings. The number of ether oxygens (including phenoxy) is 1. The molecule has 0 aromatic carbocycles. The van der Waals surface area contributed by atoms with Gasteiger partial charge in [0.15, 0.2) is 11.9 Å². The van der Waals surface area contributed by atoms with E-state index in [1.54, 1.807) is 0 Å². The van der Waals surface area contributed by atoms with Crippen LogP contribution in [0.5, 0.6) is 0 Å². The second-order valence-corrected chi connectivity index (χ2v) is 2.31. The standard InChI is InChI=1S/C6H8O6.Mg/c7-1-2(8)5-3(9)4(10)6(11)12-5;/h2,5,7-10H,1H2;/t2-,5-;/m1./s1. The van der Waals surface area contributed by atoms with E-state index in [0.717, 1.165) is 0 Å². The monoisotopic (exact) mass is 200 g/mol. The van der Waals surface area contributed by atoms with E-state index in [1.807, 2.05) is 0 Å². The summed E-state index contributed by atoms with van der Waals surface area (Å²) in [6, 6.07) is 0. The first-order valence-corrected chi connectivity index (χ1v) is 3.20. The highest BCUT2D eigenvalue weighted by Crippen LogP contribution is 2.20. The van der Waals surface area contributed by atoms with Crippen molar-refractivity contribution >= 4 is 29.0 Å². The second-order valence-electron chi connectivity index (χ2n) is 2.31. The Kier molecular flexibility index (Phi) is 4.47. The summed E-state index contributed by atoms with van der Waals surface area (Å²) in [5.41, 5.74) is 0. The number of hydrogen-bond donors (Lipinski definition) is 4. The minimum atomic E-state index is -1.42. The van der Waals surface area contributed by atoms with Gasteiger partial charge < -0.3 is 25.2 Å². The van der Waals surface area contributed by atoms with E-state index in [4.69, 9.17) is 20.4 Å². The van der Waals surface area contributed by atoms with Crippen LogP contribution in [0.15, 0.2) is 11.5 Å². The predicted octanol–water partition coefficient (Wildman–Crippen LogP) is -1.79. The van der Waals surface area contributed by atoms with Gasteiger partial charge in [-0.25, -0.2) is 4.79 Å². The molecule has 1 heterocycles. The van der Waals surface area contributed by atoms with E-state index < -0.39 is 36.3 Å². The summed E-state index contributed by atoms with van der Waals surface area (Å²) >= 11 is 0. The molecule has 0 bridgehead atoms. The Balaban J connectivity index is 0.00000144. The van der Waals surface area contributed by atoms with Crippen LogP contribution in [0.4, 0.5) is 0 Å². The molecule has 13 heavy (non-hydrogen) atoms. The maximum Gasteiger partial charge on any atom is 0.377 e. The molecule has 6 nitrogen and oxygen atoms in total. The smallest absolute Gasteiger partial charge is 0.377 e. The van der Waals surface area contributed by atoms with Gasteiger partial charge in [0, 0.05) is 23.1 Å². The molecule has 1 aliphatic heterocycles. The van der Waals surface area contributed by atoms with Crippen LogP contribution < -0.4 is 0 Å². The zero-order chi connectivity index (χ0) is 9.30. The van der Waals surface area contributed by atoms with Gasteiger partial charge in [0.2, 0.25) is 5.76 Å². The number of carbonyl (C=O) groups is 1. The topological polar surface area (TPSA) is 107 Å². The first kappa shape index (κ1) is 12.5. The van der Waals surface area contributed by atoms with Gasteiger partial charge in [-0.15, -0.1) is 0 Å². The van der Waals surface area contributed by atoms with Gasteiger partial charge in [0.1, 0.15) is 6.10 Å². The number of rotatable bonds is 2. The number of aliphatic hydroxyl groups excluding tert-OH is 4. The first-order chi connectivity index (χ1) is 5.57. The highest BCUT2D eigenvalue weighted by atomic mass is 24.3. The predicted molar refractivity (Wildman–Crippen MR) is 41.0 cm³/mol. The fourth-order valence-corrected chi connectivity index (χ4v) is 0.823. The van der Waals surface area contributed by atoms with Gasteiger partial charge in [0.25, 0.3) is 0 Å². The van der Waals surface area contributed by atoms with Crippen LogP contribution in [0.1, 0.15) is 0 Å². The molecule has 4 N–H and O–H groups in total. The molecule has 2 radical (unpaired) electrons. The van der Waals surface area contributed by atoms with Crippen molar-refractivity contribution < 1.29 is 30.0 Å². The molecule has 0 unspecified atom stereocenters. The highest BCUT2D eigenvalue weighted by Gasteiger charge is 2.38. The van der Waals surface area contributed by atoms with Crippen LogP contribution >= 0.6 is 0 Å². The summed E-state index contributed by atoms with van der Waals surface area (Å²) in [5.74, 6) is -2.78.